The molecule has 2 unspecified atom stereocenters. The Bertz CT molecular complexity index is 634. The Morgan fingerprint density at radius 1 is 1.28 bits per heavy atom. The number of aliphatic carboxylic acids is 1. The zero-order valence-corrected chi connectivity index (χ0v) is 14.8. The zero-order chi connectivity index (χ0) is 17.8. The fourth-order valence-electron chi connectivity index (χ4n) is 4.00. The van der Waals surface area contributed by atoms with Gasteiger partial charge in [0.25, 0.3) is 0 Å². The van der Waals surface area contributed by atoms with Gasteiger partial charge in [0.15, 0.2) is 0 Å². The molecule has 6 nitrogen and oxygen atoms in total. The predicted molar refractivity (Wildman–Crippen MR) is 96.7 cm³/mol. The van der Waals surface area contributed by atoms with Crippen molar-refractivity contribution in [1.29, 1.82) is 0 Å². The molecule has 2 N–H and O–H groups in total. The van der Waals surface area contributed by atoms with Gasteiger partial charge in [-0.05, 0) is 30.4 Å². The van der Waals surface area contributed by atoms with Crippen molar-refractivity contribution < 1.29 is 14.7 Å². The first kappa shape index (κ1) is 17.7. The third-order valence-electron chi connectivity index (χ3n) is 5.14. The Labute approximate surface area is 148 Å². The van der Waals surface area contributed by atoms with Crippen LogP contribution in [0.2, 0.25) is 0 Å². The monoisotopic (exact) mass is 345 g/mol. The van der Waals surface area contributed by atoms with Crippen LogP contribution in [0.4, 0.5) is 5.69 Å². The highest BCUT2D eigenvalue weighted by molar-refractivity contribution is 5.78. The van der Waals surface area contributed by atoms with E-state index < -0.39 is 5.97 Å². The quantitative estimate of drug-likeness (QED) is 0.811. The summed E-state index contributed by atoms with van der Waals surface area (Å²) in [5.74, 6) is -0.836. The molecule has 2 atom stereocenters. The van der Waals surface area contributed by atoms with Crippen LogP contribution in [0.3, 0.4) is 0 Å². The number of anilines is 1. The molecule has 25 heavy (non-hydrogen) atoms. The van der Waals surface area contributed by atoms with E-state index in [4.69, 9.17) is 0 Å². The molecule has 2 aliphatic heterocycles. The van der Waals surface area contributed by atoms with Gasteiger partial charge in [-0.15, -0.1) is 0 Å². The summed E-state index contributed by atoms with van der Waals surface area (Å²) in [4.78, 5) is 27.7. The van der Waals surface area contributed by atoms with Gasteiger partial charge in [0.1, 0.15) is 0 Å². The van der Waals surface area contributed by atoms with Crippen LogP contribution < -0.4 is 10.2 Å². The number of benzene rings is 1. The van der Waals surface area contributed by atoms with Crippen molar-refractivity contribution in [3.8, 4) is 0 Å². The smallest absolute Gasteiger partial charge is 0.307 e. The van der Waals surface area contributed by atoms with E-state index in [9.17, 15) is 14.7 Å². The van der Waals surface area contributed by atoms with Crippen LogP contribution in [-0.4, -0.2) is 61.2 Å². The van der Waals surface area contributed by atoms with Crippen LogP contribution in [0, 0.1) is 11.8 Å². The first-order valence-corrected chi connectivity index (χ1v) is 9.07. The maximum atomic E-state index is 12.2. The van der Waals surface area contributed by atoms with E-state index in [0.29, 0.717) is 25.4 Å². The van der Waals surface area contributed by atoms with Crippen LogP contribution in [0.25, 0.3) is 0 Å². The van der Waals surface area contributed by atoms with E-state index in [1.807, 2.05) is 17.9 Å². The molecule has 2 heterocycles. The number of hydrogen-bond donors (Lipinski definition) is 2. The lowest BCUT2D eigenvalue weighted by atomic mass is 9.90. The third kappa shape index (κ3) is 4.51. The molecule has 2 aliphatic rings. The van der Waals surface area contributed by atoms with Crippen molar-refractivity contribution >= 4 is 17.6 Å². The van der Waals surface area contributed by atoms with Gasteiger partial charge in [-0.2, -0.15) is 0 Å². The van der Waals surface area contributed by atoms with E-state index >= 15 is 0 Å². The Hall–Kier alpha value is -2.08. The van der Waals surface area contributed by atoms with Gasteiger partial charge in [-0.3, -0.25) is 14.5 Å². The summed E-state index contributed by atoms with van der Waals surface area (Å²) >= 11 is 0. The Morgan fingerprint density at radius 3 is 2.88 bits per heavy atom. The largest absolute Gasteiger partial charge is 0.481 e. The molecule has 1 saturated heterocycles. The SMILES string of the molecule is CC1CC(C(=O)O)CN(CC(=O)NCCN2CCc3ccccc32)C1. The van der Waals surface area contributed by atoms with Crippen LogP contribution in [-0.2, 0) is 16.0 Å². The van der Waals surface area contributed by atoms with Crippen LogP contribution in [0.5, 0.6) is 0 Å². The number of likely N-dealkylation sites (tertiary alicyclic amines) is 1. The predicted octanol–water partition coefficient (Wildman–Crippen LogP) is 1.21. The van der Waals surface area contributed by atoms with Crippen LogP contribution in [0.1, 0.15) is 18.9 Å². The molecular weight excluding hydrogens is 318 g/mol. The molecule has 0 radical (unpaired) electrons. The Morgan fingerprint density at radius 2 is 2.08 bits per heavy atom. The van der Waals surface area contributed by atoms with Crippen molar-refractivity contribution in [3.63, 3.8) is 0 Å². The molecule has 1 amide bonds. The minimum Gasteiger partial charge on any atom is -0.481 e. The van der Waals surface area contributed by atoms with E-state index in [0.717, 1.165) is 26.1 Å². The van der Waals surface area contributed by atoms with Gasteiger partial charge in [0.2, 0.25) is 5.91 Å². The zero-order valence-electron chi connectivity index (χ0n) is 14.8. The summed E-state index contributed by atoms with van der Waals surface area (Å²) in [6.07, 6.45) is 1.76. The minimum atomic E-state index is -0.760. The first-order chi connectivity index (χ1) is 12.0. The summed E-state index contributed by atoms with van der Waals surface area (Å²) in [6, 6.07) is 8.40. The highest BCUT2D eigenvalue weighted by Gasteiger charge is 2.30. The van der Waals surface area contributed by atoms with Gasteiger partial charge < -0.3 is 15.3 Å². The molecule has 1 aromatic carbocycles. The molecule has 1 aromatic rings. The van der Waals surface area contributed by atoms with Crippen LogP contribution >= 0.6 is 0 Å². The topological polar surface area (TPSA) is 72.9 Å². The van der Waals surface area contributed by atoms with Gasteiger partial charge in [-0.1, -0.05) is 25.1 Å². The van der Waals surface area contributed by atoms with Crippen molar-refractivity contribution in [3.05, 3.63) is 29.8 Å². The number of carboxylic acids is 1. The standard InChI is InChI=1S/C19H27N3O3/c1-14-10-16(19(24)25)12-21(11-14)13-18(23)20-7-9-22-8-6-15-4-2-3-5-17(15)22/h2-5,14,16H,6-13H2,1H3,(H,20,23)(H,24,25). The van der Waals surface area contributed by atoms with Gasteiger partial charge >= 0.3 is 5.97 Å². The van der Waals surface area contributed by atoms with Gasteiger partial charge in [-0.25, -0.2) is 0 Å². The normalized spacial score (nSPS) is 23.3. The van der Waals surface area contributed by atoms with E-state index in [-0.39, 0.29) is 18.4 Å². The maximum Gasteiger partial charge on any atom is 0.307 e. The number of fused-ring (bicyclic) bond motifs is 1. The van der Waals surface area contributed by atoms with Crippen molar-refractivity contribution in [1.82, 2.24) is 10.2 Å². The van der Waals surface area contributed by atoms with E-state index in [1.165, 1.54) is 11.3 Å². The van der Waals surface area contributed by atoms with Crippen molar-refractivity contribution in [2.24, 2.45) is 11.8 Å². The number of carbonyl (C=O) groups excluding carboxylic acids is 1. The highest BCUT2D eigenvalue weighted by Crippen LogP contribution is 2.26. The summed E-state index contributed by atoms with van der Waals surface area (Å²) in [5.41, 5.74) is 2.64. The number of hydrogen-bond acceptors (Lipinski definition) is 4. The summed E-state index contributed by atoms with van der Waals surface area (Å²) in [5, 5.41) is 12.2. The van der Waals surface area contributed by atoms with E-state index in [2.05, 4.69) is 28.4 Å². The summed E-state index contributed by atoms with van der Waals surface area (Å²) in [7, 11) is 0. The Balaban J connectivity index is 1.42. The number of carboxylic acid groups (broad SMARTS) is 1. The Kier molecular flexibility index (Phi) is 5.58. The molecule has 0 saturated carbocycles. The van der Waals surface area contributed by atoms with Crippen LogP contribution in [0.15, 0.2) is 24.3 Å². The number of para-hydroxylation sites is 1. The third-order valence-corrected chi connectivity index (χ3v) is 5.14. The second-order valence-corrected chi connectivity index (χ2v) is 7.29. The van der Waals surface area contributed by atoms with E-state index in [1.54, 1.807) is 0 Å². The number of carbonyl (C=O) groups is 2. The number of rotatable bonds is 6. The lowest BCUT2D eigenvalue weighted by Crippen LogP contribution is -2.47. The maximum absolute atomic E-state index is 12.2. The van der Waals surface area contributed by atoms with Crippen molar-refractivity contribution in [2.45, 2.75) is 19.8 Å². The van der Waals surface area contributed by atoms with Crippen molar-refractivity contribution in [2.75, 3.05) is 44.2 Å². The fraction of sp³-hybridized carbons (Fsp3) is 0.579. The minimum absolute atomic E-state index is 0.0225. The second kappa shape index (κ2) is 7.87. The average molecular weight is 345 g/mol. The molecule has 0 aliphatic carbocycles. The molecule has 0 spiro atoms. The second-order valence-electron chi connectivity index (χ2n) is 7.29. The molecule has 6 heteroatoms. The molecule has 3 rings (SSSR count). The number of nitrogens with one attached hydrogen (secondary N) is 1. The lowest BCUT2D eigenvalue weighted by molar-refractivity contribution is -0.145. The molecule has 136 valence electrons. The fourth-order valence-corrected chi connectivity index (χ4v) is 4.00. The molecule has 1 fully saturated rings. The molecule has 0 aromatic heterocycles. The lowest BCUT2D eigenvalue weighted by Gasteiger charge is -2.34. The van der Waals surface area contributed by atoms with Gasteiger partial charge in [0.05, 0.1) is 12.5 Å². The summed E-state index contributed by atoms with van der Waals surface area (Å²) < 4.78 is 0. The molecular formula is C19H27N3O3. The highest BCUT2D eigenvalue weighted by atomic mass is 16.4. The summed E-state index contributed by atoms with van der Waals surface area (Å²) in [6.45, 7) is 5.99. The van der Waals surface area contributed by atoms with Gasteiger partial charge in [0, 0.05) is 38.4 Å². The number of amides is 1. The first-order valence-electron chi connectivity index (χ1n) is 9.07. The average Bonchev–Trinajstić information content (AvgIpc) is 2.97. The number of piperidine rings is 1. The molecule has 0 bridgehead atoms. The number of nitrogens with zero attached hydrogens (tertiary/aromatic N) is 2.